The summed E-state index contributed by atoms with van der Waals surface area (Å²) < 4.78 is 23.2. The molecule has 1 aliphatic rings. The highest BCUT2D eigenvalue weighted by Crippen LogP contribution is 2.29. The Morgan fingerprint density at radius 2 is 1.86 bits per heavy atom. The largest absolute Gasteiger partial charge is 0.339 e. The van der Waals surface area contributed by atoms with E-state index in [1.54, 1.807) is 11.8 Å². The summed E-state index contributed by atoms with van der Waals surface area (Å²) in [6.45, 7) is 5.07. The summed E-state index contributed by atoms with van der Waals surface area (Å²) in [6, 6.07) is 2.81. The minimum absolute atomic E-state index is 0.106. The summed E-state index contributed by atoms with van der Waals surface area (Å²) in [5.41, 5.74) is 0.620. The van der Waals surface area contributed by atoms with Crippen LogP contribution < -0.4 is 0 Å². The number of likely N-dealkylation sites (tertiary alicyclic amines) is 1. The summed E-state index contributed by atoms with van der Waals surface area (Å²) in [6.07, 6.45) is 1.90. The Balaban J connectivity index is 2.36. The van der Waals surface area contributed by atoms with E-state index in [-0.39, 0.29) is 21.4 Å². The molecular weight excluding hydrogens is 333 g/mol. The van der Waals surface area contributed by atoms with Crippen molar-refractivity contribution in [3.05, 3.63) is 28.3 Å². The second kappa shape index (κ2) is 6.15. The minimum atomic E-state index is -3.93. The molecule has 1 heterocycles. The van der Waals surface area contributed by atoms with Gasteiger partial charge in [-0.2, -0.15) is 0 Å². The molecule has 0 aliphatic carbocycles. The van der Waals surface area contributed by atoms with Gasteiger partial charge in [0.2, 0.25) is 0 Å². The predicted octanol–water partition coefficient (Wildman–Crippen LogP) is 3.45. The lowest BCUT2D eigenvalue weighted by molar-refractivity contribution is 0.0697. The number of nitrogens with zero attached hydrogens (tertiary/aromatic N) is 1. The van der Waals surface area contributed by atoms with Crippen LogP contribution in [0.3, 0.4) is 0 Å². The van der Waals surface area contributed by atoms with Gasteiger partial charge in [-0.15, -0.1) is 0 Å². The van der Waals surface area contributed by atoms with Crippen molar-refractivity contribution in [2.75, 3.05) is 13.1 Å². The van der Waals surface area contributed by atoms with Crippen LogP contribution in [0.25, 0.3) is 0 Å². The Morgan fingerprint density at radius 1 is 1.29 bits per heavy atom. The van der Waals surface area contributed by atoms with E-state index in [0.29, 0.717) is 24.6 Å². The molecule has 7 heteroatoms. The van der Waals surface area contributed by atoms with Gasteiger partial charge in [0, 0.05) is 34.4 Å². The van der Waals surface area contributed by atoms with Gasteiger partial charge in [0.25, 0.3) is 15.0 Å². The molecule has 116 valence electrons. The molecule has 0 spiro atoms. The fraction of sp³-hybridized carbons (Fsp3) is 0.500. The molecule has 2 rings (SSSR count). The van der Waals surface area contributed by atoms with Crippen molar-refractivity contribution in [3.63, 3.8) is 0 Å². The number of hydrogen-bond acceptors (Lipinski definition) is 3. The third kappa shape index (κ3) is 3.71. The molecule has 4 nitrogen and oxygen atoms in total. The average molecular weight is 350 g/mol. The highest BCUT2D eigenvalue weighted by Gasteiger charge is 2.24. The normalized spacial score (nSPS) is 17.0. The standard InChI is InChI=1S/C14H17Cl2NO3S/c1-9-3-5-17(6-4-9)14(18)11-7-12(15)10(2)13(8-11)21(16,19)20/h7-9H,3-6H2,1-2H3. The number of carbonyl (C=O) groups is 1. The smallest absolute Gasteiger partial charge is 0.261 e. The van der Waals surface area contributed by atoms with Crippen LogP contribution in [0.5, 0.6) is 0 Å². The van der Waals surface area contributed by atoms with E-state index < -0.39 is 9.05 Å². The van der Waals surface area contributed by atoms with Crippen LogP contribution in [-0.4, -0.2) is 32.3 Å². The number of benzene rings is 1. The molecular formula is C14H17Cl2NO3S. The van der Waals surface area contributed by atoms with Crippen molar-refractivity contribution in [2.24, 2.45) is 5.92 Å². The molecule has 0 saturated carbocycles. The maximum Gasteiger partial charge on any atom is 0.261 e. The van der Waals surface area contributed by atoms with Crippen molar-refractivity contribution in [1.82, 2.24) is 4.90 Å². The Bertz CT molecular complexity index is 665. The Kier molecular flexibility index (Phi) is 4.85. The van der Waals surface area contributed by atoms with Gasteiger partial charge in [0.15, 0.2) is 0 Å². The summed E-state index contributed by atoms with van der Waals surface area (Å²) in [5, 5.41) is 0.227. The molecule has 1 aliphatic heterocycles. The van der Waals surface area contributed by atoms with Crippen LogP contribution in [0.15, 0.2) is 17.0 Å². The molecule has 1 fully saturated rings. The lowest BCUT2D eigenvalue weighted by Gasteiger charge is -2.30. The Morgan fingerprint density at radius 3 is 2.38 bits per heavy atom. The van der Waals surface area contributed by atoms with Gasteiger partial charge < -0.3 is 4.90 Å². The van der Waals surface area contributed by atoms with Crippen LogP contribution >= 0.6 is 22.3 Å². The fourth-order valence-electron chi connectivity index (χ4n) is 2.42. The third-order valence-corrected chi connectivity index (χ3v) is 5.72. The van der Waals surface area contributed by atoms with Crippen LogP contribution in [0.4, 0.5) is 0 Å². The number of halogens is 2. The van der Waals surface area contributed by atoms with Crippen LogP contribution in [0, 0.1) is 12.8 Å². The highest BCUT2D eigenvalue weighted by atomic mass is 35.7. The van der Waals surface area contributed by atoms with E-state index in [1.165, 1.54) is 12.1 Å². The zero-order valence-electron chi connectivity index (χ0n) is 11.9. The van der Waals surface area contributed by atoms with Gasteiger partial charge in [0.05, 0.1) is 4.90 Å². The second-order valence-corrected chi connectivity index (χ2v) is 8.44. The van der Waals surface area contributed by atoms with Gasteiger partial charge >= 0.3 is 0 Å². The first-order valence-corrected chi connectivity index (χ1v) is 9.43. The SMILES string of the molecule is Cc1c(Cl)cc(C(=O)N2CCC(C)CC2)cc1S(=O)(=O)Cl. The van der Waals surface area contributed by atoms with E-state index >= 15 is 0 Å². The molecule has 1 amide bonds. The summed E-state index contributed by atoms with van der Waals surface area (Å²) in [5.74, 6) is 0.403. The maximum atomic E-state index is 12.5. The quantitative estimate of drug-likeness (QED) is 0.768. The molecule has 0 atom stereocenters. The van der Waals surface area contributed by atoms with Gasteiger partial charge in [0.1, 0.15) is 0 Å². The van der Waals surface area contributed by atoms with E-state index in [1.807, 2.05) is 0 Å². The van der Waals surface area contributed by atoms with Gasteiger partial charge in [-0.05, 0) is 43.4 Å². The number of piperidine rings is 1. The lowest BCUT2D eigenvalue weighted by Crippen LogP contribution is -2.38. The third-order valence-electron chi connectivity index (χ3n) is 3.88. The second-order valence-electron chi connectivity index (χ2n) is 5.49. The van der Waals surface area contributed by atoms with Gasteiger partial charge in [-0.25, -0.2) is 8.42 Å². The zero-order valence-corrected chi connectivity index (χ0v) is 14.2. The first-order valence-electron chi connectivity index (χ1n) is 6.74. The van der Waals surface area contributed by atoms with Crippen molar-refractivity contribution in [2.45, 2.75) is 31.6 Å². The van der Waals surface area contributed by atoms with Crippen molar-refractivity contribution in [3.8, 4) is 0 Å². The van der Waals surface area contributed by atoms with Crippen molar-refractivity contribution < 1.29 is 13.2 Å². The number of hydrogen-bond donors (Lipinski definition) is 0. The summed E-state index contributed by atoms with van der Waals surface area (Å²) in [4.78, 5) is 14.1. The molecule has 0 radical (unpaired) electrons. The first kappa shape index (κ1) is 16.6. The van der Waals surface area contributed by atoms with E-state index in [9.17, 15) is 13.2 Å². The summed E-state index contributed by atoms with van der Waals surface area (Å²) >= 11 is 6.04. The number of carbonyl (C=O) groups excluding carboxylic acids is 1. The molecule has 0 N–H and O–H groups in total. The van der Waals surface area contributed by atoms with Crippen molar-refractivity contribution >= 4 is 37.2 Å². The minimum Gasteiger partial charge on any atom is -0.339 e. The molecule has 0 aromatic heterocycles. The monoisotopic (exact) mass is 349 g/mol. The van der Waals surface area contributed by atoms with Crippen LogP contribution in [-0.2, 0) is 9.05 Å². The predicted molar refractivity (Wildman–Crippen MR) is 83.5 cm³/mol. The number of rotatable bonds is 2. The topological polar surface area (TPSA) is 54.5 Å². The van der Waals surface area contributed by atoms with Gasteiger partial charge in [-0.1, -0.05) is 18.5 Å². The van der Waals surface area contributed by atoms with E-state index in [2.05, 4.69) is 6.92 Å². The van der Waals surface area contributed by atoms with Crippen LogP contribution in [0.1, 0.15) is 35.7 Å². The van der Waals surface area contributed by atoms with E-state index in [0.717, 1.165) is 12.8 Å². The Labute approximate surface area is 134 Å². The van der Waals surface area contributed by atoms with E-state index in [4.69, 9.17) is 22.3 Å². The number of amides is 1. The first-order chi connectivity index (χ1) is 9.70. The summed E-state index contributed by atoms with van der Waals surface area (Å²) in [7, 11) is 1.47. The Hall–Kier alpha value is -0.780. The average Bonchev–Trinajstić information content (AvgIpc) is 2.40. The maximum absolute atomic E-state index is 12.5. The molecule has 0 unspecified atom stereocenters. The van der Waals surface area contributed by atoms with Gasteiger partial charge in [-0.3, -0.25) is 4.79 Å². The van der Waals surface area contributed by atoms with Crippen molar-refractivity contribution in [1.29, 1.82) is 0 Å². The molecule has 1 saturated heterocycles. The fourth-order valence-corrected chi connectivity index (χ4v) is 3.92. The van der Waals surface area contributed by atoms with Crippen LogP contribution in [0.2, 0.25) is 5.02 Å². The molecule has 0 bridgehead atoms. The molecule has 1 aromatic carbocycles. The lowest BCUT2D eigenvalue weighted by atomic mass is 9.98. The highest BCUT2D eigenvalue weighted by molar-refractivity contribution is 8.13. The zero-order chi connectivity index (χ0) is 15.8. The molecule has 21 heavy (non-hydrogen) atoms. The molecule has 1 aromatic rings.